The van der Waals surface area contributed by atoms with Crippen molar-refractivity contribution in [2.24, 2.45) is 46.3 Å². The minimum absolute atomic E-state index is 0.125. The average Bonchev–Trinajstić information content (AvgIpc) is 3.04. The molecule has 4 heteroatoms. The zero-order valence-corrected chi connectivity index (χ0v) is 18.7. The van der Waals surface area contributed by atoms with Crippen molar-refractivity contribution in [1.29, 1.82) is 0 Å². The fourth-order valence-corrected chi connectivity index (χ4v) is 8.34. The van der Waals surface area contributed by atoms with Crippen molar-refractivity contribution in [2.75, 3.05) is 7.11 Å². The molecule has 4 aliphatic carbocycles. The fourth-order valence-electron chi connectivity index (χ4n) is 8.34. The van der Waals surface area contributed by atoms with Gasteiger partial charge in [0.1, 0.15) is 5.78 Å². The van der Waals surface area contributed by atoms with Gasteiger partial charge in [-0.3, -0.25) is 9.59 Å². The van der Waals surface area contributed by atoms with Gasteiger partial charge in [-0.2, -0.15) is 0 Å². The fraction of sp³-hybridized carbons (Fsp3) is 0.920. The molecule has 1 N–H and O–H groups in total. The highest BCUT2D eigenvalue weighted by Crippen LogP contribution is 2.68. The maximum atomic E-state index is 12.2. The van der Waals surface area contributed by atoms with Gasteiger partial charge in [0.15, 0.2) is 0 Å². The molecular weight excluding hydrogens is 364 g/mol. The summed E-state index contributed by atoms with van der Waals surface area (Å²) in [7, 11) is 1.46. The summed E-state index contributed by atoms with van der Waals surface area (Å²) in [4.78, 5) is 23.8. The molecule has 0 heterocycles. The maximum absolute atomic E-state index is 12.2. The molecule has 4 fully saturated rings. The molecule has 3 unspecified atom stereocenters. The number of hydrogen-bond acceptors (Lipinski definition) is 4. The third kappa shape index (κ3) is 3.38. The molecule has 29 heavy (non-hydrogen) atoms. The van der Waals surface area contributed by atoms with Gasteiger partial charge in [0.2, 0.25) is 0 Å². The molecule has 0 aliphatic heterocycles. The van der Waals surface area contributed by atoms with E-state index in [4.69, 9.17) is 4.74 Å². The Morgan fingerprint density at radius 2 is 1.97 bits per heavy atom. The molecule has 4 nitrogen and oxygen atoms in total. The van der Waals surface area contributed by atoms with Crippen LogP contribution in [0, 0.1) is 46.3 Å². The zero-order chi connectivity index (χ0) is 21.9. The normalized spacial score (nSPS) is 50.7. The zero-order valence-electron chi connectivity index (χ0n) is 19.7. The van der Waals surface area contributed by atoms with Crippen LogP contribution in [0.15, 0.2) is 0 Å². The van der Waals surface area contributed by atoms with Gasteiger partial charge in [0, 0.05) is 20.6 Å². The number of methoxy groups -OCH3 is 1. The first-order valence-electron chi connectivity index (χ1n) is 12.3. The van der Waals surface area contributed by atoms with Crippen molar-refractivity contribution in [3.05, 3.63) is 0 Å². The number of aliphatic hydroxyl groups is 1. The molecule has 0 aromatic carbocycles. The summed E-state index contributed by atoms with van der Waals surface area (Å²) in [5, 5.41) is 11.3. The quantitative estimate of drug-likeness (QED) is 0.684. The van der Waals surface area contributed by atoms with E-state index in [2.05, 4.69) is 20.8 Å². The Balaban J connectivity index is 1.56. The summed E-state index contributed by atoms with van der Waals surface area (Å²) in [5.74, 6) is 1.39. The van der Waals surface area contributed by atoms with Crippen LogP contribution in [-0.2, 0) is 14.3 Å². The van der Waals surface area contributed by atoms with Crippen molar-refractivity contribution in [1.82, 2.24) is 0 Å². The number of carbonyl (C=O) groups is 2. The first-order chi connectivity index (χ1) is 14.1. The standard InChI is InChI=1S/C25H40O4/c1-15(5-8-22(28)29-4)18-6-7-19-23-20(10-12-25(18,19)3)24(2)11-9-17(26)13-16(24)14-21(23)27/h15-16,18-21,23,27H,5-14H2,1-4H3/t15-,16-,18-,19?,20?,21-,23?,24+,25-/m1/s1/i16D. The number of hydrogen-bond donors (Lipinski definition) is 1. The van der Waals surface area contributed by atoms with Crippen LogP contribution in [0.25, 0.3) is 0 Å². The molecule has 0 aromatic heterocycles. The van der Waals surface area contributed by atoms with E-state index in [0.717, 1.165) is 32.1 Å². The van der Waals surface area contributed by atoms with Gasteiger partial charge in [-0.05, 0) is 91.3 Å². The lowest BCUT2D eigenvalue weighted by Gasteiger charge is -2.62. The number of fused-ring (bicyclic) bond motifs is 5. The topological polar surface area (TPSA) is 63.6 Å². The van der Waals surface area contributed by atoms with Crippen LogP contribution in [-0.4, -0.2) is 30.1 Å². The van der Waals surface area contributed by atoms with E-state index in [1.807, 2.05) is 0 Å². The first kappa shape index (κ1) is 20.0. The molecule has 0 bridgehead atoms. The van der Waals surface area contributed by atoms with Gasteiger partial charge < -0.3 is 9.84 Å². The van der Waals surface area contributed by atoms with Crippen molar-refractivity contribution in [3.8, 4) is 0 Å². The summed E-state index contributed by atoms with van der Waals surface area (Å²) in [6.07, 6.45) is 7.56. The second kappa shape index (κ2) is 7.66. The lowest BCUT2D eigenvalue weighted by Crippen LogP contribution is -2.58. The number of ether oxygens (including phenoxy) is 1. The Morgan fingerprint density at radius 3 is 2.69 bits per heavy atom. The summed E-state index contributed by atoms with van der Waals surface area (Å²) in [6.45, 7) is 6.97. The first-order valence-corrected chi connectivity index (χ1v) is 11.8. The van der Waals surface area contributed by atoms with Gasteiger partial charge in [-0.25, -0.2) is 0 Å². The van der Waals surface area contributed by atoms with Crippen LogP contribution >= 0.6 is 0 Å². The van der Waals surface area contributed by atoms with E-state index in [1.165, 1.54) is 13.5 Å². The van der Waals surface area contributed by atoms with E-state index >= 15 is 0 Å². The van der Waals surface area contributed by atoms with Crippen molar-refractivity contribution in [2.45, 2.75) is 91.1 Å². The van der Waals surface area contributed by atoms with Gasteiger partial charge in [0.25, 0.3) is 0 Å². The highest BCUT2D eigenvalue weighted by atomic mass is 16.5. The summed E-state index contributed by atoms with van der Waals surface area (Å²) >= 11 is 0. The molecule has 4 rings (SSSR count). The molecule has 0 spiro atoms. The maximum Gasteiger partial charge on any atom is 0.305 e. The van der Waals surface area contributed by atoms with Gasteiger partial charge >= 0.3 is 5.97 Å². The van der Waals surface area contributed by atoms with Crippen molar-refractivity contribution in [3.63, 3.8) is 0 Å². The van der Waals surface area contributed by atoms with E-state index in [9.17, 15) is 16.1 Å². The summed E-state index contributed by atoms with van der Waals surface area (Å²) < 4.78 is 14.0. The molecule has 4 aliphatic rings. The Bertz CT molecular complexity index is 709. The van der Waals surface area contributed by atoms with E-state index in [1.54, 1.807) is 0 Å². The average molecular weight is 406 g/mol. The Hall–Kier alpha value is -0.900. The lowest BCUT2D eigenvalue weighted by atomic mass is 9.44. The molecule has 4 saturated carbocycles. The van der Waals surface area contributed by atoms with Gasteiger partial charge in [0.05, 0.1) is 13.2 Å². The van der Waals surface area contributed by atoms with Gasteiger partial charge in [-0.15, -0.1) is 0 Å². The highest BCUT2D eigenvalue weighted by molar-refractivity contribution is 5.79. The molecule has 0 radical (unpaired) electrons. The third-order valence-corrected chi connectivity index (χ3v) is 9.98. The predicted molar refractivity (Wildman–Crippen MR) is 112 cm³/mol. The van der Waals surface area contributed by atoms with Gasteiger partial charge in [-0.1, -0.05) is 20.8 Å². The molecule has 0 amide bonds. The minimum atomic E-state index is -0.803. The lowest BCUT2D eigenvalue weighted by molar-refractivity contribution is -0.169. The smallest absolute Gasteiger partial charge is 0.305 e. The van der Waals surface area contributed by atoms with Crippen LogP contribution in [0.4, 0.5) is 0 Å². The largest absolute Gasteiger partial charge is 0.469 e. The number of Topliss-reactive ketones (excluding diaryl/α,β-unsaturated/α-hetero) is 1. The summed E-state index contributed by atoms with van der Waals surface area (Å²) in [6, 6.07) is 0. The predicted octanol–water partition coefficient (Wildman–Crippen LogP) is 4.77. The van der Waals surface area contributed by atoms with E-state index in [-0.39, 0.29) is 28.5 Å². The van der Waals surface area contributed by atoms with Crippen LogP contribution in [0.1, 0.15) is 86.4 Å². The number of aliphatic hydroxyl groups excluding tert-OH is 1. The van der Waals surface area contributed by atoms with Crippen molar-refractivity contribution < 1.29 is 20.8 Å². The number of ketones is 1. The number of carbonyl (C=O) groups excluding carboxylic acids is 2. The molecule has 9 atom stereocenters. The van der Waals surface area contributed by atoms with E-state index < -0.39 is 12.0 Å². The summed E-state index contributed by atoms with van der Waals surface area (Å²) in [5.41, 5.74) is 0.0290. The number of esters is 1. The monoisotopic (exact) mass is 405 g/mol. The second-order valence-electron chi connectivity index (χ2n) is 11.1. The second-order valence-corrected chi connectivity index (χ2v) is 11.1. The SMILES string of the molecule is [2H][C@]12CC(=O)CC[C@]1(C)C1CC[C@@]3(C)C(CC[C@@H]3[C@H](C)CCC(=O)OC)C1[C@H](O)C2. The van der Waals surface area contributed by atoms with Crippen LogP contribution in [0.3, 0.4) is 0 Å². The molecule has 0 aromatic rings. The minimum Gasteiger partial charge on any atom is -0.469 e. The highest BCUT2D eigenvalue weighted by Gasteiger charge is 2.62. The molecule has 0 saturated heterocycles. The Labute approximate surface area is 177 Å². The Morgan fingerprint density at radius 1 is 1.24 bits per heavy atom. The van der Waals surface area contributed by atoms with E-state index in [0.29, 0.717) is 49.4 Å². The number of rotatable bonds is 4. The van der Waals surface area contributed by atoms with Crippen LogP contribution in [0.2, 0.25) is 0 Å². The van der Waals surface area contributed by atoms with Crippen LogP contribution in [0.5, 0.6) is 0 Å². The molecule has 164 valence electrons. The molecular formula is C25H40O4. The Kier molecular flexibility index (Phi) is 5.29. The van der Waals surface area contributed by atoms with Crippen LogP contribution < -0.4 is 0 Å². The van der Waals surface area contributed by atoms with Crippen molar-refractivity contribution >= 4 is 11.8 Å². The third-order valence-electron chi connectivity index (χ3n) is 9.98.